The zero-order valence-electron chi connectivity index (χ0n) is 11.6. The van der Waals surface area contributed by atoms with Crippen molar-refractivity contribution in [2.75, 3.05) is 24.5 Å². The first-order valence-electron chi connectivity index (χ1n) is 7.28. The van der Waals surface area contributed by atoms with Crippen LogP contribution in [0.1, 0.15) is 12.8 Å². The van der Waals surface area contributed by atoms with Crippen molar-refractivity contribution in [3.05, 3.63) is 24.5 Å². The first-order chi connectivity index (χ1) is 10.1. The highest BCUT2D eigenvalue weighted by Gasteiger charge is 2.52. The van der Waals surface area contributed by atoms with Crippen LogP contribution in [0.2, 0.25) is 0 Å². The molecular weight excluding hydrogens is 290 g/mol. The summed E-state index contributed by atoms with van der Waals surface area (Å²) >= 11 is 0. The van der Waals surface area contributed by atoms with Gasteiger partial charge in [0.15, 0.2) is 0 Å². The van der Waals surface area contributed by atoms with Gasteiger partial charge in [0.1, 0.15) is 0 Å². The van der Waals surface area contributed by atoms with Gasteiger partial charge in [0.05, 0.1) is 23.1 Å². The zero-order chi connectivity index (χ0) is 14.6. The lowest BCUT2D eigenvalue weighted by Crippen LogP contribution is -2.37. The molecule has 3 heterocycles. The van der Waals surface area contributed by atoms with Crippen molar-refractivity contribution < 1.29 is 13.2 Å². The second-order valence-corrected chi connectivity index (χ2v) is 8.30. The minimum atomic E-state index is -3.16. The summed E-state index contributed by atoms with van der Waals surface area (Å²) in [6.45, 7) is 1.41. The molecule has 0 spiro atoms. The smallest absolute Gasteiger partial charge is 0.231 e. The fraction of sp³-hybridized carbons (Fsp3) is 0.571. The van der Waals surface area contributed by atoms with Gasteiger partial charge in [-0.15, -0.1) is 0 Å². The van der Waals surface area contributed by atoms with Crippen LogP contribution in [0, 0.1) is 11.8 Å². The molecule has 21 heavy (non-hydrogen) atoms. The van der Waals surface area contributed by atoms with Gasteiger partial charge in [-0.25, -0.2) is 12.7 Å². The molecule has 1 aromatic heterocycles. The monoisotopic (exact) mass is 307 g/mol. The number of hydrogen-bond acceptors (Lipinski definition) is 4. The van der Waals surface area contributed by atoms with Gasteiger partial charge in [-0.1, -0.05) is 0 Å². The minimum absolute atomic E-state index is 0.0292. The first-order valence-corrected chi connectivity index (χ1v) is 8.78. The number of anilines is 1. The van der Waals surface area contributed by atoms with Crippen LogP contribution in [0.3, 0.4) is 0 Å². The summed E-state index contributed by atoms with van der Waals surface area (Å²) < 4.78 is 26.1. The molecule has 0 unspecified atom stereocenters. The number of carbonyl (C=O) groups excluding carboxylic acids is 1. The minimum Gasteiger partial charge on any atom is -0.310 e. The summed E-state index contributed by atoms with van der Waals surface area (Å²) in [6, 6.07) is 3.67. The first kappa shape index (κ1) is 13.2. The number of fused-ring (bicyclic) bond motifs is 1. The van der Waals surface area contributed by atoms with E-state index in [1.54, 1.807) is 27.7 Å². The summed E-state index contributed by atoms with van der Waals surface area (Å²) in [4.78, 5) is 18.3. The van der Waals surface area contributed by atoms with Crippen LogP contribution < -0.4 is 4.90 Å². The summed E-state index contributed by atoms with van der Waals surface area (Å²) in [7, 11) is -3.16. The standard InChI is InChI=1S/C14H17N3O3S/c18-14-13-9-16(21(19,20)12-3-4-12)7-10(13)8-17(14)11-2-1-5-15-6-11/h1-2,5-6,10,12-13H,3-4,7-9H2/t10-,13-/m1/s1. The van der Waals surface area contributed by atoms with Crippen LogP contribution in [0.15, 0.2) is 24.5 Å². The molecule has 0 bridgehead atoms. The number of pyridine rings is 1. The molecule has 1 saturated carbocycles. The summed E-state index contributed by atoms with van der Waals surface area (Å²) in [5.41, 5.74) is 0.800. The molecule has 2 atom stereocenters. The Morgan fingerprint density at radius 2 is 2.00 bits per heavy atom. The van der Waals surface area contributed by atoms with Gasteiger partial charge in [-0.05, 0) is 25.0 Å². The quantitative estimate of drug-likeness (QED) is 0.814. The topological polar surface area (TPSA) is 70.6 Å². The number of carbonyl (C=O) groups is 1. The van der Waals surface area contributed by atoms with E-state index in [-0.39, 0.29) is 23.0 Å². The van der Waals surface area contributed by atoms with Gasteiger partial charge < -0.3 is 4.90 Å². The highest BCUT2D eigenvalue weighted by molar-refractivity contribution is 7.90. The molecule has 1 amide bonds. The number of nitrogens with zero attached hydrogens (tertiary/aromatic N) is 3. The summed E-state index contributed by atoms with van der Waals surface area (Å²) in [6.07, 6.45) is 4.89. The predicted octanol–water partition coefficient (Wildman–Crippen LogP) is 0.468. The summed E-state index contributed by atoms with van der Waals surface area (Å²) in [5, 5.41) is -0.194. The van der Waals surface area contributed by atoms with Gasteiger partial charge in [-0.2, -0.15) is 0 Å². The van der Waals surface area contributed by atoms with Gasteiger partial charge in [-0.3, -0.25) is 9.78 Å². The van der Waals surface area contributed by atoms with E-state index >= 15 is 0 Å². The fourth-order valence-electron chi connectivity index (χ4n) is 3.35. The molecular formula is C14H17N3O3S. The molecule has 3 fully saturated rings. The number of hydrogen-bond donors (Lipinski definition) is 0. The third-order valence-corrected chi connectivity index (χ3v) is 7.00. The summed E-state index contributed by atoms with van der Waals surface area (Å²) in [5.74, 6) is -0.0635. The molecule has 1 aliphatic carbocycles. The van der Waals surface area contributed by atoms with Gasteiger partial charge in [0, 0.05) is 31.7 Å². The maximum Gasteiger partial charge on any atom is 0.231 e. The van der Waals surface area contributed by atoms with Crippen molar-refractivity contribution in [1.29, 1.82) is 0 Å². The molecule has 4 rings (SSSR count). The lowest BCUT2D eigenvalue weighted by atomic mass is 10.0. The molecule has 0 radical (unpaired) electrons. The Balaban J connectivity index is 1.53. The molecule has 2 saturated heterocycles. The molecule has 7 heteroatoms. The van der Waals surface area contributed by atoms with E-state index in [0.717, 1.165) is 18.5 Å². The van der Waals surface area contributed by atoms with Crippen LogP contribution in [-0.2, 0) is 14.8 Å². The molecule has 1 aromatic rings. The Labute approximate surface area is 123 Å². The van der Waals surface area contributed by atoms with Crippen molar-refractivity contribution in [3.63, 3.8) is 0 Å². The Hall–Kier alpha value is -1.47. The Kier molecular flexibility index (Phi) is 2.84. The molecule has 6 nitrogen and oxygen atoms in total. The molecule has 3 aliphatic rings. The van der Waals surface area contributed by atoms with Gasteiger partial charge in [0.2, 0.25) is 15.9 Å². The SMILES string of the molecule is O=C1[C@@H]2CN(S(=O)(=O)C3CC3)C[C@@H]2CN1c1cccnc1. The Morgan fingerprint density at radius 1 is 1.19 bits per heavy atom. The van der Waals surface area contributed by atoms with Crippen molar-refractivity contribution in [2.45, 2.75) is 18.1 Å². The lowest BCUT2D eigenvalue weighted by molar-refractivity contribution is -0.120. The van der Waals surface area contributed by atoms with Gasteiger partial charge in [0.25, 0.3) is 0 Å². The van der Waals surface area contributed by atoms with Gasteiger partial charge >= 0.3 is 0 Å². The van der Waals surface area contributed by atoms with E-state index < -0.39 is 10.0 Å². The highest BCUT2D eigenvalue weighted by atomic mass is 32.2. The third-order valence-electron chi connectivity index (χ3n) is 4.67. The van der Waals surface area contributed by atoms with E-state index in [1.165, 1.54) is 0 Å². The highest BCUT2D eigenvalue weighted by Crippen LogP contribution is 2.39. The van der Waals surface area contributed by atoms with Crippen molar-refractivity contribution in [2.24, 2.45) is 11.8 Å². The Morgan fingerprint density at radius 3 is 2.62 bits per heavy atom. The zero-order valence-corrected chi connectivity index (χ0v) is 12.4. The Bertz CT molecular complexity index is 672. The van der Waals surface area contributed by atoms with Crippen molar-refractivity contribution in [3.8, 4) is 0 Å². The van der Waals surface area contributed by atoms with E-state index in [9.17, 15) is 13.2 Å². The van der Waals surface area contributed by atoms with E-state index in [1.807, 2.05) is 6.07 Å². The lowest BCUT2D eigenvalue weighted by Gasteiger charge is -2.21. The van der Waals surface area contributed by atoms with Crippen LogP contribution in [-0.4, -0.2) is 48.5 Å². The van der Waals surface area contributed by atoms with Crippen LogP contribution in [0.5, 0.6) is 0 Å². The number of sulfonamides is 1. The second kappa shape index (κ2) is 4.51. The van der Waals surface area contributed by atoms with Crippen LogP contribution in [0.25, 0.3) is 0 Å². The maximum absolute atomic E-state index is 12.5. The van der Waals surface area contributed by atoms with Crippen LogP contribution >= 0.6 is 0 Å². The van der Waals surface area contributed by atoms with E-state index in [4.69, 9.17) is 0 Å². The average Bonchev–Trinajstić information content (AvgIpc) is 3.19. The largest absolute Gasteiger partial charge is 0.310 e. The fourth-order valence-corrected chi connectivity index (χ4v) is 5.27. The maximum atomic E-state index is 12.5. The number of amides is 1. The number of rotatable bonds is 3. The molecule has 0 aromatic carbocycles. The predicted molar refractivity (Wildman–Crippen MR) is 77.1 cm³/mol. The molecule has 0 N–H and O–H groups in total. The van der Waals surface area contributed by atoms with Crippen molar-refractivity contribution >= 4 is 21.6 Å². The molecule has 2 aliphatic heterocycles. The van der Waals surface area contributed by atoms with E-state index in [0.29, 0.717) is 19.6 Å². The van der Waals surface area contributed by atoms with E-state index in [2.05, 4.69) is 4.98 Å². The molecule has 112 valence electrons. The normalized spacial score (nSPS) is 29.9. The third kappa shape index (κ3) is 2.06. The second-order valence-electron chi connectivity index (χ2n) is 6.09. The number of aromatic nitrogens is 1. The average molecular weight is 307 g/mol. The van der Waals surface area contributed by atoms with Crippen molar-refractivity contribution in [1.82, 2.24) is 9.29 Å². The van der Waals surface area contributed by atoms with Crippen LogP contribution in [0.4, 0.5) is 5.69 Å².